The second-order valence-electron chi connectivity index (χ2n) is 4.52. The van der Waals surface area contributed by atoms with Crippen molar-refractivity contribution < 1.29 is 26.3 Å². The molecule has 1 unspecified atom stereocenters. The summed E-state index contributed by atoms with van der Waals surface area (Å²) in [5.74, 6) is 0. The first-order chi connectivity index (χ1) is 8.91. The van der Waals surface area contributed by atoms with Crippen molar-refractivity contribution in [3.63, 3.8) is 0 Å². The summed E-state index contributed by atoms with van der Waals surface area (Å²) in [4.78, 5) is 0. The summed E-state index contributed by atoms with van der Waals surface area (Å²) in [6, 6.07) is 0.972. The van der Waals surface area contributed by atoms with Crippen molar-refractivity contribution in [3.05, 3.63) is 40.5 Å². The van der Waals surface area contributed by atoms with Crippen molar-refractivity contribution in [2.75, 3.05) is 0 Å². The highest BCUT2D eigenvalue weighted by molar-refractivity contribution is 5.56. The van der Waals surface area contributed by atoms with Crippen LogP contribution in [0.1, 0.15) is 30.5 Å². The lowest BCUT2D eigenvalue weighted by Gasteiger charge is -2.14. The molecule has 1 aromatic carbocycles. The van der Waals surface area contributed by atoms with Gasteiger partial charge in [0.2, 0.25) is 0 Å². The SMILES string of the molecule is CC(=Cc1cc(C(F)(F)F)cc(C(F)(F)F)c1)C(C)N. The molecule has 0 aliphatic carbocycles. The fraction of sp³-hybridized carbons (Fsp3) is 0.385. The quantitative estimate of drug-likeness (QED) is 0.801. The summed E-state index contributed by atoms with van der Waals surface area (Å²) in [6.45, 7) is 3.13. The van der Waals surface area contributed by atoms with E-state index in [0.717, 1.165) is 0 Å². The van der Waals surface area contributed by atoms with Gasteiger partial charge in [-0.25, -0.2) is 0 Å². The lowest BCUT2D eigenvalue weighted by atomic mass is 10.0. The Bertz CT molecular complexity index is 478. The molecule has 112 valence electrons. The van der Waals surface area contributed by atoms with Crippen LogP contribution in [-0.4, -0.2) is 6.04 Å². The summed E-state index contributed by atoms with van der Waals surface area (Å²) in [5, 5.41) is 0. The number of hydrogen-bond donors (Lipinski definition) is 1. The lowest BCUT2D eigenvalue weighted by molar-refractivity contribution is -0.143. The highest BCUT2D eigenvalue weighted by Crippen LogP contribution is 2.36. The van der Waals surface area contributed by atoms with E-state index >= 15 is 0 Å². The van der Waals surface area contributed by atoms with Crippen LogP contribution in [0.5, 0.6) is 0 Å². The molecule has 0 radical (unpaired) electrons. The zero-order valence-corrected chi connectivity index (χ0v) is 10.7. The molecule has 0 heterocycles. The first kappa shape index (κ1) is 16.6. The number of benzene rings is 1. The number of hydrogen-bond acceptors (Lipinski definition) is 1. The Labute approximate surface area is 112 Å². The lowest BCUT2D eigenvalue weighted by Crippen LogP contribution is -2.16. The summed E-state index contributed by atoms with van der Waals surface area (Å²) in [5.41, 5.74) is 3.15. The maximum Gasteiger partial charge on any atom is 0.416 e. The van der Waals surface area contributed by atoms with Crippen LogP contribution in [0.15, 0.2) is 23.8 Å². The third-order valence-electron chi connectivity index (χ3n) is 2.72. The maximum atomic E-state index is 12.6. The summed E-state index contributed by atoms with van der Waals surface area (Å²) in [6.07, 6.45) is -8.46. The molecule has 0 fully saturated rings. The Kier molecular flexibility index (Phi) is 4.53. The van der Waals surface area contributed by atoms with Crippen molar-refractivity contribution in [1.29, 1.82) is 0 Å². The van der Waals surface area contributed by atoms with Crippen molar-refractivity contribution >= 4 is 6.08 Å². The predicted octanol–water partition coefficient (Wildman–Crippen LogP) is 4.47. The second kappa shape index (κ2) is 5.47. The van der Waals surface area contributed by atoms with E-state index in [1.165, 1.54) is 13.0 Å². The molecule has 1 rings (SSSR count). The van der Waals surface area contributed by atoms with Gasteiger partial charge in [0.25, 0.3) is 0 Å². The molecule has 7 heteroatoms. The van der Waals surface area contributed by atoms with Gasteiger partial charge in [-0.05, 0) is 37.6 Å². The normalized spacial score (nSPS) is 15.3. The van der Waals surface area contributed by atoms with Gasteiger partial charge in [0.1, 0.15) is 0 Å². The Morgan fingerprint density at radius 3 is 1.70 bits per heavy atom. The molecule has 0 aromatic heterocycles. The van der Waals surface area contributed by atoms with Gasteiger partial charge in [-0.2, -0.15) is 26.3 Å². The molecule has 0 spiro atoms. The molecule has 0 aliphatic rings. The fourth-order valence-corrected chi connectivity index (χ4v) is 1.46. The average Bonchev–Trinajstić information content (AvgIpc) is 2.26. The molecule has 0 aliphatic heterocycles. The largest absolute Gasteiger partial charge is 0.416 e. The maximum absolute atomic E-state index is 12.6. The fourth-order valence-electron chi connectivity index (χ4n) is 1.46. The molecule has 1 atom stereocenters. The van der Waals surface area contributed by atoms with E-state index in [9.17, 15) is 26.3 Å². The third kappa shape index (κ3) is 4.26. The van der Waals surface area contributed by atoms with Gasteiger partial charge >= 0.3 is 12.4 Å². The molecule has 1 nitrogen and oxygen atoms in total. The van der Waals surface area contributed by atoms with E-state index < -0.39 is 29.5 Å². The minimum absolute atomic E-state index is 0.0958. The number of halogens is 6. The van der Waals surface area contributed by atoms with Gasteiger partial charge in [0.15, 0.2) is 0 Å². The van der Waals surface area contributed by atoms with Gasteiger partial charge in [0, 0.05) is 6.04 Å². The first-order valence-corrected chi connectivity index (χ1v) is 5.64. The van der Waals surface area contributed by atoms with E-state index in [1.807, 2.05) is 0 Å². The molecule has 2 N–H and O–H groups in total. The highest BCUT2D eigenvalue weighted by atomic mass is 19.4. The Morgan fingerprint density at radius 1 is 1.00 bits per heavy atom. The van der Waals surface area contributed by atoms with Gasteiger partial charge in [-0.15, -0.1) is 0 Å². The number of nitrogens with two attached hydrogens (primary N) is 1. The Balaban J connectivity index is 3.43. The van der Waals surface area contributed by atoms with Crippen LogP contribution >= 0.6 is 0 Å². The van der Waals surface area contributed by atoms with E-state index in [4.69, 9.17) is 5.73 Å². The molecule has 1 aromatic rings. The topological polar surface area (TPSA) is 26.0 Å². The highest BCUT2D eigenvalue weighted by Gasteiger charge is 2.36. The summed E-state index contributed by atoms with van der Waals surface area (Å²) < 4.78 is 75.7. The number of alkyl halides is 6. The number of rotatable bonds is 2. The third-order valence-corrected chi connectivity index (χ3v) is 2.72. The molecule has 0 saturated carbocycles. The molecule has 0 bridgehead atoms. The Morgan fingerprint density at radius 2 is 1.40 bits per heavy atom. The van der Waals surface area contributed by atoms with Crippen molar-refractivity contribution in [2.24, 2.45) is 5.73 Å². The summed E-state index contributed by atoms with van der Waals surface area (Å²) in [7, 11) is 0. The van der Waals surface area contributed by atoms with Gasteiger partial charge in [-0.1, -0.05) is 11.6 Å². The van der Waals surface area contributed by atoms with Crippen LogP contribution in [0, 0.1) is 0 Å². The van der Waals surface area contributed by atoms with Crippen LogP contribution in [0.2, 0.25) is 0 Å². The zero-order chi connectivity index (χ0) is 15.7. The van der Waals surface area contributed by atoms with E-state index in [2.05, 4.69) is 0 Å². The van der Waals surface area contributed by atoms with Gasteiger partial charge < -0.3 is 5.73 Å². The monoisotopic (exact) mass is 297 g/mol. The Hall–Kier alpha value is -1.50. The van der Waals surface area contributed by atoms with Crippen LogP contribution in [-0.2, 0) is 12.4 Å². The van der Waals surface area contributed by atoms with Crippen molar-refractivity contribution in [3.8, 4) is 0 Å². The van der Waals surface area contributed by atoms with E-state index in [1.54, 1.807) is 6.92 Å². The summed E-state index contributed by atoms with van der Waals surface area (Å²) >= 11 is 0. The van der Waals surface area contributed by atoms with Crippen LogP contribution < -0.4 is 5.73 Å². The molecule has 0 saturated heterocycles. The minimum atomic E-state index is -4.84. The van der Waals surface area contributed by atoms with Crippen LogP contribution in [0.3, 0.4) is 0 Å². The van der Waals surface area contributed by atoms with Gasteiger partial charge in [0.05, 0.1) is 11.1 Å². The van der Waals surface area contributed by atoms with Crippen molar-refractivity contribution in [1.82, 2.24) is 0 Å². The predicted molar refractivity (Wildman–Crippen MR) is 63.7 cm³/mol. The molecular formula is C13H13F6N. The standard InChI is InChI=1S/C13H13F6N/c1-7(8(2)20)3-9-4-10(12(14,15)16)6-11(5-9)13(17,18)19/h3-6,8H,20H2,1-2H3. The van der Waals surface area contributed by atoms with Gasteiger partial charge in [-0.3, -0.25) is 0 Å². The van der Waals surface area contributed by atoms with Crippen molar-refractivity contribution in [2.45, 2.75) is 32.2 Å². The molecular weight excluding hydrogens is 284 g/mol. The zero-order valence-electron chi connectivity index (χ0n) is 10.7. The second-order valence-corrected chi connectivity index (χ2v) is 4.52. The minimum Gasteiger partial charge on any atom is -0.324 e. The first-order valence-electron chi connectivity index (χ1n) is 5.64. The van der Waals surface area contributed by atoms with Crippen LogP contribution in [0.25, 0.3) is 6.08 Å². The van der Waals surface area contributed by atoms with E-state index in [0.29, 0.717) is 17.7 Å². The molecule has 0 amide bonds. The van der Waals surface area contributed by atoms with Crippen LogP contribution in [0.4, 0.5) is 26.3 Å². The van der Waals surface area contributed by atoms with E-state index in [-0.39, 0.29) is 11.6 Å². The average molecular weight is 297 g/mol. The smallest absolute Gasteiger partial charge is 0.324 e. The molecule has 20 heavy (non-hydrogen) atoms.